The minimum absolute atomic E-state index is 0.00177. The molecule has 1 aliphatic heterocycles. The van der Waals surface area contributed by atoms with Gasteiger partial charge in [0.25, 0.3) is 5.91 Å². The van der Waals surface area contributed by atoms with Crippen molar-refractivity contribution in [2.24, 2.45) is 5.92 Å². The lowest BCUT2D eigenvalue weighted by Gasteiger charge is -2.20. The standard InChI is InChI=1S/C17H24BrN3O2/c1-13(12-21-7-2-3-8-21)10-19-16(22)11-20-17(23)14-5-4-6-15(18)9-14/h4-6,9,13H,2-3,7-8,10-12H2,1H3,(H,19,22)(H,20,23). The molecule has 126 valence electrons. The maximum atomic E-state index is 12.0. The molecule has 1 unspecified atom stereocenters. The van der Waals surface area contributed by atoms with Crippen molar-refractivity contribution in [3.05, 3.63) is 34.3 Å². The molecule has 6 heteroatoms. The summed E-state index contributed by atoms with van der Waals surface area (Å²) in [6.07, 6.45) is 2.56. The molecule has 2 amide bonds. The molecule has 1 atom stereocenters. The van der Waals surface area contributed by atoms with Crippen molar-refractivity contribution in [2.45, 2.75) is 19.8 Å². The number of hydrogen-bond acceptors (Lipinski definition) is 3. The number of hydrogen-bond donors (Lipinski definition) is 2. The van der Waals surface area contributed by atoms with E-state index in [1.807, 2.05) is 6.07 Å². The number of carbonyl (C=O) groups excluding carboxylic acids is 2. The third-order valence-corrected chi connectivity index (χ3v) is 4.41. The van der Waals surface area contributed by atoms with Gasteiger partial charge in [-0.05, 0) is 50.0 Å². The number of halogens is 1. The van der Waals surface area contributed by atoms with Gasteiger partial charge in [-0.1, -0.05) is 28.9 Å². The SMILES string of the molecule is CC(CNC(=O)CNC(=O)c1cccc(Br)c1)CN1CCCC1. The van der Waals surface area contributed by atoms with Crippen LogP contribution in [0.2, 0.25) is 0 Å². The summed E-state index contributed by atoms with van der Waals surface area (Å²) in [5, 5.41) is 5.53. The highest BCUT2D eigenvalue weighted by molar-refractivity contribution is 9.10. The predicted molar refractivity (Wildman–Crippen MR) is 94.3 cm³/mol. The van der Waals surface area contributed by atoms with E-state index in [0.29, 0.717) is 18.0 Å². The molecule has 2 rings (SSSR count). The first-order valence-corrected chi connectivity index (χ1v) is 8.86. The van der Waals surface area contributed by atoms with Crippen LogP contribution in [0, 0.1) is 5.92 Å². The molecular weight excluding hydrogens is 358 g/mol. The smallest absolute Gasteiger partial charge is 0.251 e. The molecule has 0 aromatic heterocycles. The first-order chi connectivity index (χ1) is 11.0. The lowest BCUT2D eigenvalue weighted by atomic mass is 10.1. The minimum atomic E-state index is -0.244. The Bertz CT molecular complexity index is 544. The molecule has 1 aromatic rings. The van der Waals surface area contributed by atoms with Gasteiger partial charge in [-0.15, -0.1) is 0 Å². The maximum Gasteiger partial charge on any atom is 0.251 e. The quantitative estimate of drug-likeness (QED) is 0.759. The molecule has 0 spiro atoms. The van der Waals surface area contributed by atoms with Crippen LogP contribution in [0.5, 0.6) is 0 Å². The second-order valence-electron chi connectivity index (χ2n) is 6.11. The summed E-state index contributed by atoms with van der Waals surface area (Å²) >= 11 is 3.32. The molecule has 1 saturated heterocycles. The fourth-order valence-electron chi connectivity index (χ4n) is 2.71. The van der Waals surface area contributed by atoms with Crippen molar-refractivity contribution in [1.29, 1.82) is 0 Å². The fraction of sp³-hybridized carbons (Fsp3) is 0.529. The van der Waals surface area contributed by atoms with Crippen LogP contribution in [-0.2, 0) is 4.79 Å². The van der Waals surface area contributed by atoms with E-state index < -0.39 is 0 Å². The normalized spacial score (nSPS) is 16.1. The lowest BCUT2D eigenvalue weighted by Crippen LogP contribution is -2.40. The fourth-order valence-corrected chi connectivity index (χ4v) is 3.11. The Hall–Kier alpha value is -1.40. The van der Waals surface area contributed by atoms with Crippen molar-refractivity contribution in [3.63, 3.8) is 0 Å². The van der Waals surface area contributed by atoms with E-state index in [0.717, 1.165) is 11.0 Å². The summed E-state index contributed by atoms with van der Waals surface area (Å²) in [6.45, 7) is 6.13. The molecule has 2 N–H and O–H groups in total. The first kappa shape index (κ1) is 17.9. The Morgan fingerprint density at radius 2 is 2.00 bits per heavy atom. The van der Waals surface area contributed by atoms with Crippen molar-refractivity contribution < 1.29 is 9.59 Å². The van der Waals surface area contributed by atoms with Gasteiger partial charge in [0.05, 0.1) is 6.54 Å². The third-order valence-electron chi connectivity index (χ3n) is 3.91. The van der Waals surface area contributed by atoms with Gasteiger partial charge < -0.3 is 15.5 Å². The second-order valence-corrected chi connectivity index (χ2v) is 7.03. The zero-order valence-electron chi connectivity index (χ0n) is 13.5. The molecule has 1 fully saturated rings. The number of nitrogens with zero attached hydrogens (tertiary/aromatic N) is 1. The molecule has 1 heterocycles. The van der Waals surface area contributed by atoms with Crippen LogP contribution >= 0.6 is 15.9 Å². The minimum Gasteiger partial charge on any atom is -0.354 e. The van der Waals surface area contributed by atoms with Crippen LogP contribution < -0.4 is 10.6 Å². The number of carbonyl (C=O) groups is 2. The van der Waals surface area contributed by atoms with Gasteiger partial charge in [0.15, 0.2) is 0 Å². The van der Waals surface area contributed by atoms with Crippen LogP contribution in [-0.4, -0.2) is 49.4 Å². The Balaban J connectivity index is 1.65. The topological polar surface area (TPSA) is 61.4 Å². The summed E-state index contributed by atoms with van der Waals surface area (Å²) in [6, 6.07) is 7.09. The first-order valence-electron chi connectivity index (χ1n) is 8.07. The summed E-state index contributed by atoms with van der Waals surface area (Å²) in [7, 11) is 0. The van der Waals surface area contributed by atoms with E-state index in [4.69, 9.17) is 0 Å². The van der Waals surface area contributed by atoms with Crippen molar-refractivity contribution >= 4 is 27.7 Å². The van der Waals surface area contributed by atoms with Gasteiger partial charge in [0.2, 0.25) is 5.91 Å². The summed E-state index contributed by atoms with van der Waals surface area (Å²) in [5.74, 6) is 0.0195. The van der Waals surface area contributed by atoms with E-state index in [-0.39, 0.29) is 18.4 Å². The van der Waals surface area contributed by atoms with Gasteiger partial charge >= 0.3 is 0 Å². The van der Waals surface area contributed by atoms with Crippen LogP contribution in [0.3, 0.4) is 0 Å². The Labute approximate surface area is 145 Å². The summed E-state index contributed by atoms with van der Waals surface area (Å²) < 4.78 is 0.838. The van der Waals surface area contributed by atoms with Gasteiger partial charge in [-0.3, -0.25) is 9.59 Å². The van der Waals surface area contributed by atoms with Crippen LogP contribution in [0.15, 0.2) is 28.7 Å². The van der Waals surface area contributed by atoms with E-state index in [2.05, 4.69) is 38.4 Å². The number of nitrogens with one attached hydrogen (secondary N) is 2. The molecular formula is C17H24BrN3O2. The van der Waals surface area contributed by atoms with Gasteiger partial charge in [0.1, 0.15) is 0 Å². The van der Waals surface area contributed by atoms with Crippen molar-refractivity contribution in [3.8, 4) is 0 Å². The molecule has 1 aromatic carbocycles. The monoisotopic (exact) mass is 381 g/mol. The number of amides is 2. The maximum absolute atomic E-state index is 12.0. The molecule has 5 nitrogen and oxygen atoms in total. The molecule has 0 saturated carbocycles. The lowest BCUT2D eigenvalue weighted by molar-refractivity contribution is -0.120. The van der Waals surface area contributed by atoms with Crippen LogP contribution in [0.1, 0.15) is 30.1 Å². The van der Waals surface area contributed by atoms with Crippen molar-refractivity contribution in [2.75, 3.05) is 32.7 Å². The van der Waals surface area contributed by atoms with E-state index in [1.165, 1.54) is 25.9 Å². The highest BCUT2D eigenvalue weighted by atomic mass is 79.9. The van der Waals surface area contributed by atoms with Crippen LogP contribution in [0.4, 0.5) is 0 Å². The average molecular weight is 382 g/mol. The second kappa shape index (κ2) is 9.03. The number of likely N-dealkylation sites (tertiary alicyclic amines) is 1. The zero-order valence-corrected chi connectivity index (χ0v) is 15.1. The average Bonchev–Trinajstić information content (AvgIpc) is 3.03. The van der Waals surface area contributed by atoms with Crippen molar-refractivity contribution in [1.82, 2.24) is 15.5 Å². The van der Waals surface area contributed by atoms with Gasteiger partial charge in [0, 0.05) is 23.1 Å². The molecule has 1 aliphatic rings. The molecule has 23 heavy (non-hydrogen) atoms. The summed E-state index contributed by atoms with van der Waals surface area (Å²) in [5.41, 5.74) is 0.537. The van der Waals surface area contributed by atoms with E-state index >= 15 is 0 Å². The van der Waals surface area contributed by atoms with E-state index in [9.17, 15) is 9.59 Å². The Morgan fingerprint density at radius 1 is 1.26 bits per heavy atom. The number of rotatable bonds is 7. The third kappa shape index (κ3) is 6.31. The largest absolute Gasteiger partial charge is 0.354 e. The Kier molecular flexibility index (Phi) is 7.05. The van der Waals surface area contributed by atoms with Gasteiger partial charge in [-0.2, -0.15) is 0 Å². The van der Waals surface area contributed by atoms with Crippen LogP contribution in [0.25, 0.3) is 0 Å². The summed E-state index contributed by atoms with van der Waals surface area (Å²) in [4.78, 5) is 26.2. The molecule has 0 radical (unpaired) electrons. The van der Waals surface area contributed by atoms with E-state index in [1.54, 1.807) is 18.2 Å². The zero-order chi connectivity index (χ0) is 16.7. The predicted octanol–water partition coefficient (Wildman–Crippen LogP) is 2.03. The highest BCUT2D eigenvalue weighted by Crippen LogP contribution is 2.11. The number of benzene rings is 1. The molecule has 0 bridgehead atoms. The highest BCUT2D eigenvalue weighted by Gasteiger charge is 2.15. The Morgan fingerprint density at radius 3 is 2.70 bits per heavy atom. The van der Waals surface area contributed by atoms with Gasteiger partial charge in [-0.25, -0.2) is 0 Å². The molecule has 0 aliphatic carbocycles.